The fraction of sp³-hybridized carbons (Fsp3) is 0.571. The number of nitrogens with two attached hydrogens (primary N) is 1. The lowest BCUT2D eigenvalue weighted by Gasteiger charge is -2.28. The highest BCUT2D eigenvalue weighted by Gasteiger charge is 2.22. The number of aryl methyl sites for hydroxylation is 1. The zero-order valence-electron chi connectivity index (χ0n) is 10.9. The van der Waals surface area contributed by atoms with Gasteiger partial charge in [-0.2, -0.15) is 11.8 Å². The summed E-state index contributed by atoms with van der Waals surface area (Å²) in [5, 5.41) is 0. The Morgan fingerprint density at radius 1 is 1.33 bits per heavy atom. The molecule has 0 aliphatic carbocycles. The van der Waals surface area contributed by atoms with E-state index >= 15 is 0 Å². The minimum absolute atomic E-state index is 0.347. The van der Waals surface area contributed by atoms with Gasteiger partial charge in [-0.15, -0.1) is 0 Å². The second kappa shape index (κ2) is 6.90. The highest BCUT2D eigenvalue weighted by atomic mass is 32.2. The highest BCUT2D eigenvalue weighted by Crippen LogP contribution is 2.35. The third-order valence-electron chi connectivity index (χ3n) is 3.07. The van der Waals surface area contributed by atoms with Gasteiger partial charge in [0.15, 0.2) is 11.5 Å². The Balaban J connectivity index is 2.09. The maximum absolute atomic E-state index is 6.06. The van der Waals surface area contributed by atoms with E-state index in [9.17, 15) is 0 Å². The number of rotatable bonds is 7. The van der Waals surface area contributed by atoms with Crippen LogP contribution in [0.5, 0.6) is 11.5 Å². The lowest BCUT2D eigenvalue weighted by molar-refractivity contribution is 0.225. The zero-order chi connectivity index (χ0) is 12.8. The molecule has 0 atom stereocenters. The molecule has 2 N–H and O–H groups in total. The first kappa shape index (κ1) is 13.6. The fourth-order valence-corrected chi connectivity index (χ4v) is 2.53. The van der Waals surface area contributed by atoms with E-state index in [1.54, 1.807) is 7.11 Å². The molecule has 0 unspecified atom stereocenters. The van der Waals surface area contributed by atoms with Gasteiger partial charge in [0.2, 0.25) is 0 Å². The van der Waals surface area contributed by atoms with Gasteiger partial charge in [-0.25, -0.2) is 0 Å². The van der Waals surface area contributed by atoms with E-state index in [2.05, 4.69) is 6.07 Å². The lowest BCUT2D eigenvalue weighted by Crippen LogP contribution is -2.31. The minimum Gasteiger partial charge on any atom is -0.493 e. The summed E-state index contributed by atoms with van der Waals surface area (Å²) in [7, 11) is 1.70. The summed E-state index contributed by atoms with van der Waals surface area (Å²) < 4.78 is 11.5. The van der Waals surface area contributed by atoms with Gasteiger partial charge in [-0.1, -0.05) is 12.1 Å². The summed E-state index contributed by atoms with van der Waals surface area (Å²) >= 11 is 1.92. The Morgan fingerprint density at radius 2 is 2.17 bits per heavy atom. The molecular weight excluding hydrogens is 246 g/mol. The van der Waals surface area contributed by atoms with Crippen molar-refractivity contribution in [3.63, 3.8) is 0 Å². The maximum Gasteiger partial charge on any atom is 0.164 e. The number of methoxy groups -OCH3 is 1. The van der Waals surface area contributed by atoms with Crippen LogP contribution in [-0.2, 0) is 6.42 Å². The Kier molecular flexibility index (Phi) is 5.20. The molecule has 0 aromatic heterocycles. The Morgan fingerprint density at radius 3 is 2.78 bits per heavy atom. The number of hydrogen-bond acceptors (Lipinski definition) is 4. The molecule has 0 bridgehead atoms. The average molecular weight is 267 g/mol. The van der Waals surface area contributed by atoms with E-state index < -0.39 is 0 Å². The quantitative estimate of drug-likeness (QED) is 0.771. The van der Waals surface area contributed by atoms with Crippen LogP contribution in [-0.4, -0.2) is 31.3 Å². The molecular formula is C14H21NO2S. The van der Waals surface area contributed by atoms with Gasteiger partial charge in [0.05, 0.1) is 7.11 Å². The number of ether oxygens (including phenoxy) is 2. The van der Waals surface area contributed by atoms with E-state index in [1.165, 1.54) is 5.56 Å². The van der Waals surface area contributed by atoms with Crippen LogP contribution < -0.4 is 15.2 Å². The second-order valence-corrected chi connectivity index (χ2v) is 5.55. The van der Waals surface area contributed by atoms with Crippen LogP contribution in [0.2, 0.25) is 0 Å². The smallest absolute Gasteiger partial charge is 0.164 e. The minimum atomic E-state index is 0.347. The van der Waals surface area contributed by atoms with Crippen molar-refractivity contribution in [1.29, 1.82) is 0 Å². The van der Waals surface area contributed by atoms with Gasteiger partial charge in [0.1, 0.15) is 6.10 Å². The lowest BCUT2D eigenvalue weighted by atomic mass is 10.1. The summed E-state index contributed by atoms with van der Waals surface area (Å²) in [6.07, 6.45) is 3.50. The molecule has 18 heavy (non-hydrogen) atoms. The molecule has 1 aliphatic rings. The van der Waals surface area contributed by atoms with Crippen molar-refractivity contribution in [3.8, 4) is 11.5 Å². The first-order valence-electron chi connectivity index (χ1n) is 6.45. The Hall–Kier alpha value is -0.870. The molecule has 1 fully saturated rings. The molecule has 1 saturated heterocycles. The van der Waals surface area contributed by atoms with Crippen molar-refractivity contribution in [2.45, 2.75) is 25.4 Å². The molecule has 1 aromatic carbocycles. The predicted octanol–water partition coefficient (Wildman–Crippen LogP) is 2.47. The molecule has 0 radical (unpaired) electrons. The number of para-hydroxylation sites is 1. The van der Waals surface area contributed by atoms with E-state index in [-0.39, 0.29) is 0 Å². The summed E-state index contributed by atoms with van der Waals surface area (Å²) in [5.41, 5.74) is 6.78. The van der Waals surface area contributed by atoms with Gasteiger partial charge in [-0.05, 0) is 37.4 Å². The van der Waals surface area contributed by atoms with E-state index in [0.717, 1.165) is 48.8 Å². The van der Waals surface area contributed by atoms with Crippen molar-refractivity contribution >= 4 is 11.8 Å². The first-order valence-corrected chi connectivity index (χ1v) is 7.61. The Bertz CT molecular complexity index is 380. The third kappa shape index (κ3) is 3.33. The van der Waals surface area contributed by atoms with Crippen LogP contribution in [0.4, 0.5) is 0 Å². The van der Waals surface area contributed by atoms with E-state index in [1.807, 2.05) is 23.9 Å². The third-order valence-corrected chi connectivity index (χ3v) is 4.29. The van der Waals surface area contributed by atoms with Gasteiger partial charge in [-0.3, -0.25) is 0 Å². The normalized spacial score (nSPS) is 15.2. The monoisotopic (exact) mass is 267 g/mol. The van der Waals surface area contributed by atoms with Crippen LogP contribution in [0.15, 0.2) is 18.2 Å². The second-order valence-electron chi connectivity index (χ2n) is 4.47. The van der Waals surface area contributed by atoms with Gasteiger partial charge in [0, 0.05) is 11.5 Å². The topological polar surface area (TPSA) is 44.5 Å². The molecule has 100 valence electrons. The SMILES string of the molecule is COc1cccc(CCCCN)c1OC1CSC1. The molecule has 1 aliphatic heterocycles. The number of thioether (sulfide) groups is 1. The van der Waals surface area contributed by atoms with Crippen molar-refractivity contribution in [2.24, 2.45) is 5.73 Å². The molecule has 3 nitrogen and oxygen atoms in total. The first-order chi connectivity index (χ1) is 8.85. The molecule has 2 rings (SSSR count). The predicted molar refractivity (Wildman–Crippen MR) is 76.7 cm³/mol. The van der Waals surface area contributed by atoms with Crippen molar-refractivity contribution in [3.05, 3.63) is 23.8 Å². The van der Waals surface area contributed by atoms with Crippen molar-refractivity contribution in [1.82, 2.24) is 0 Å². The number of benzene rings is 1. The van der Waals surface area contributed by atoms with E-state index in [4.69, 9.17) is 15.2 Å². The number of hydrogen-bond donors (Lipinski definition) is 1. The van der Waals surface area contributed by atoms with Gasteiger partial charge < -0.3 is 15.2 Å². The van der Waals surface area contributed by atoms with Crippen molar-refractivity contribution in [2.75, 3.05) is 25.2 Å². The van der Waals surface area contributed by atoms with Crippen LogP contribution in [0.3, 0.4) is 0 Å². The summed E-state index contributed by atoms with van der Waals surface area (Å²) in [4.78, 5) is 0. The molecule has 1 heterocycles. The van der Waals surface area contributed by atoms with Crippen molar-refractivity contribution < 1.29 is 9.47 Å². The molecule has 4 heteroatoms. The Labute approximate surface area is 113 Å². The summed E-state index contributed by atoms with van der Waals surface area (Å²) in [6.45, 7) is 0.749. The molecule has 1 aromatic rings. The molecule has 0 saturated carbocycles. The highest BCUT2D eigenvalue weighted by molar-refractivity contribution is 8.00. The van der Waals surface area contributed by atoms with Crippen LogP contribution in [0.25, 0.3) is 0 Å². The average Bonchev–Trinajstić information content (AvgIpc) is 2.34. The molecule has 0 amide bonds. The maximum atomic E-state index is 6.06. The molecule has 0 spiro atoms. The standard InChI is InChI=1S/C14H21NO2S/c1-16-13-7-4-6-11(5-2-3-8-15)14(13)17-12-9-18-10-12/h4,6-7,12H,2-3,5,8-10,15H2,1H3. The van der Waals surface area contributed by atoms with Gasteiger partial charge in [0.25, 0.3) is 0 Å². The van der Waals surface area contributed by atoms with E-state index in [0.29, 0.717) is 6.10 Å². The fourth-order valence-electron chi connectivity index (χ4n) is 1.96. The van der Waals surface area contributed by atoms with Crippen LogP contribution >= 0.6 is 11.8 Å². The van der Waals surface area contributed by atoms with Crippen LogP contribution in [0.1, 0.15) is 18.4 Å². The largest absolute Gasteiger partial charge is 0.493 e. The summed E-state index contributed by atoms with van der Waals surface area (Å²) in [5.74, 6) is 3.94. The van der Waals surface area contributed by atoms with Crippen LogP contribution in [0, 0.1) is 0 Å². The number of unbranched alkanes of at least 4 members (excludes halogenated alkanes) is 1. The summed E-state index contributed by atoms with van der Waals surface area (Å²) in [6, 6.07) is 6.12. The zero-order valence-corrected chi connectivity index (χ0v) is 11.7. The van der Waals surface area contributed by atoms with Gasteiger partial charge >= 0.3 is 0 Å².